The van der Waals surface area contributed by atoms with E-state index in [1.165, 1.54) is 12.8 Å². The first-order valence-electron chi connectivity index (χ1n) is 5.73. The topological polar surface area (TPSA) is 20.3 Å². The maximum atomic E-state index is 11.4. The third-order valence-corrected chi connectivity index (χ3v) is 3.35. The number of fused-ring (bicyclic) bond motifs is 2. The van der Waals surface area contributed by atoms with Crippen molar-refractivity contribution in [2.45, 2.75) is 58.5 Å². The van der Waals surface area contributed by atoms with E-state index in [4.69, 9.17) is 0 Å². The van der Waals surface area contributed by atoms with Gasteiger partial charge in [0.2, 0.25) is 0 Å². The van der Waals surface area contributed by atoms with Gasteiger partial charge in [0, 0.05) is 31.5 Å². The molecule has 0 aromatic rings. The van der Waals surface area contributed by atoms with E-state index >= 15 is 0 Å². The number of hydrogen-bond donors (Lipinski definition) is 0. The molecular weight excluding hydrogens is 174 g/mol. The Morgan fingerprint density at radius 2 is 1.71 bits per heavy atom. The zero-order chi connectivity index (χ0) is 10.3. The summed E-state index contributed by atoms with van der Waals surface area (Å²) in [4.78, 5) is 14.0. The number of piperidine rings is 1. The molecule has 0 spiro atoms. The molecule has 2 rings (SSSR count). The number of nitrogens with zero attached hydrogens (tertiary/aromatic N) is 1. The van der Waals surface area contributed by atoms with Crippen LogP contribution in [0.3, 0.4) is 0 Å². The summed E-state index contributed by atoms with van der Waals surface area (Å²) in [6, 6.07) is 1.14. The highest BCUT2D eigenvalue weighted by Gasteiger charge is 2.41. The summed E-state index contributed by atoms with van der Waals surface area (Å²) in [5, 5.41) is 0. The summed E-state index contributed by atoms with van der Waals surface area (Å²) in [6.07, 6.45) is 4.11. The van der Waals surface area contributed by atoms with E-state index in [-0.39, 0.29) is 0 Å². The zero-order valence-corrected chi connectivity index (χ0v) is 9.55. The molecule has 0 aromatic heterocycles. The van der Waals surface area contributed by atoms with Crippen molar-refractivity contribution in [1.29, 1.82) is 0 Å². The lowest BCUT2D eigenvalue weighted by atomic mass is 9.92. The molecule has 2 atom stereocenters. The Hall–Kier alpha value is -0.370. The van der Waals surface area contributed by atoms with Crippen LogP contribution in [0.25, 0.3) is 0 Å². The fourth-order valence-electron chi connectivity index (χ4n) is 2.87. The molecule has 2 fully saturated rings. The van der Waals surface area contributed by atoms with Crippen LogP contribution in [0.5, 0.6) is 0 Å². The minimum absolute atomic E-state index is 0.362. The molecule has 14 heavy (non-hydrogen) atoms. The van der Waals surface area contributed by atoms with Crippen LogP contribution in [-0.2, 0) is 4.79 Å². The van der Waals surface area contributed by atoms with E-state index in [0.717, 1.165) is 19.4 Å². The lowest BCUT2D eigenvalue weighted by Gasteiger charge is -2.38. The Kier molecular flexibility index (Phi) is 2.42. The minimum atomic E-state index is 0.362. The number of Topliss-reactive ketones (excluding diaryl/α,β-unsaturated/α-hetero) is 1. The monoisotopic (exact) mass is 195 g/mol. The van der Waals surface area contributed by atoms with Crippen molar-refractivity contribution < 1.29 is 4.79 Å². The molecule has 0 radical (unpaired) electrons. The van der Waals surface area contributed by atoms with E-state index in [2.05, 4.69) is 25.7 Å². The normalized spacial score (nSPS) is 33.8. The summed E-state index contributed by atoms with van der Waals surface area (Å²) in [5.74, 6) is 0.489. The number of carbonyl (C=O) groups excluding carboxylic acids is 1. The molecule has 0 aromatic carbocycles. The summed E-state index contributed by atoms with van der Waals surface area (Å²) in [6.45, 7) is 7.99. The molecule has 0 aliphatic carbocycles. The van der Waals surface area contributed by atoms with Gasteiger partial charge in [0.15, 0.2) is 0 Å². The zero-order valence-electron chi connectivity index (χ0n) is 9.55. The Balaban J connectivity index is 2.04. The van der Waals surface area contributed by atoms with Gasteiger partial charge in [-0.25, -0.2) is 0 Å². The van der Waals surface area contributed by atoms with Crippen molar-refractivity contribution in [2.75, 3.05) is 6.54 Å². The van der Waals surface area contributed by atoms with Crippen LogP contribution < -0.4 is 0 Å². The van der Waals surface area contributed by atoms with Crippen LogP contribution in [0.4, 0.5) is 0 Å². The fraction of sp³-hybridized carbons (Fsp3) is 0.917. The second-order valence-corrected chi connectivity index (χ2v) is 6.06. The molecule has 2 heteroatoms. The Morgan fingerprint density at radius 3 is 2.14 bits per heavy atom. The summed E-state index contributed by atoms with van der Waals surface area (Å²) in [5.41, 5.74) is 0.362. The van der Waals surface area contributed by atoms with Crippen molar-refractivity contribution >= 4 is 5.78 Å². The molecular formula is C12H21NO. The molecule has 2 bridgehead atoms. The van der Waals surface area contributed by atoms with Gasteiger partial charge in [-0.15, -0.1) is 0 Å². The molecule has 2 nitrogen and oxygen atoms in total. The van der Waals surface area contributed by atoms with Crippen molar-refractivity contribution in [3.8, 4) is 0 Å². The standard InChI is InChI=1S/C12H21NO/c1-12(2,3)8-13-9-4-5-10(13)7-11(14)6-9/h9-10H,4-8H2,1-3H3. The predicted octanol–water partition coefficient (Wildman–Crippen LogP) is 2.23. The minimum Gasteiger partial charge on any atom is -0.300 e. The average molecular weight is 195 g/mol. The number of hydrogen-bond acceptors (Lipinski definition) is 2. The van der Waals surface area contributed by atoms with Crippen molar-refractivity contribution in [2.24, 2.45) is 5.41 Å². The molecule has 0 saturated carbocycles. The Morgan fingerprint density at radius 1 is 1.21 bits per heavy atom. The van der Waals surface area contributed by atoms with Crippen molar-refractivity contribution in [3.63, 3.8) is 0 Å². The highest BCUT2D eigenvalue weighted by atomic mass is 16.1. The van der Waals surface area contributed by atoms with Gasteiger partial charge in [-0.2, -0.15) is 0 Å². The van der Waals surface area contributed by atoms with Crippen LogP contribution in [0.15, 0.2) is 0 Å². The van der Waals surface area contributed by atoms with Crippen LogP contribution in [0.1, 0.15) is 46.5 Å². The first kappa shape index (κ1) is 10.2. The van der Waals surface area contributed by atoms with Gasteiger partial charge in [0.1, 0.15) is 5.78 Å². The first-order chi connectivity index (χ1) is 6.46. The van der Waals surface area contributed by atoms with E-state index in [0.29, 0.717) is 23.3 Å². The lowest BCUT2D eigenvalue weighted by Crippen LogP contribution is -2.46. The summed E-state index contributed by atoms with van der Waals surface area (Å²) in [7, 11) is 0. The number of carbonyl (C=O) groups is 1. The average Bonchev–Trinajstić information content (AvgIpc) is 2.31. The van der Waals surface area contributed by atoms with Gasteiger partial charge in [-0.05, 0) is 18.3 Å². The Bertz CT molecular complexity index is 225. The largest absolute Gasteiger partial charge is 0.300 e. The SMILES string of the molecule is CC(C)(C)CN1C2CCC1CC(=O)C2. The van der Waals surface area contributed by atoms with Gasteiger partial charge < -0.3 is 0 Å². The molecule has 80 valence electrons. The summed E-state index contributed by atoms with van der Waals surface area (Å²) >= 11 is 0. The number of ketones is 1. The quantitative estimate of drug-likeness (QED) is 0.639. The number of rotatable bonds is 1. The van der Waals surface area contributed by atoms with Crippen LogP contribution in [0.2, 0.25) is 0 Å². The van der Waals surface area contributed by atoms with Crippen LogP contribution in [-0.4, -0.2) is 29.3 Å². The maximum absolute atomic E-state index is 11.4. The van der Waals surface area contributed by atoms with E-state index in [9.17, 15) is 4.79 Å². The van der Waals surface area contributed by atoms with Gasteiger partial charge in [0.05, 0.1) is 0 Å². The van der Waals surface area contributed by atoms with Gasteiger partial charge in [0.25, 0.3) is 0 Å². The van der Waals surface area contributed by atoms with Crippen molar-refractivity contribution in [1.82, 2.24) is 4.90 Å². The van der Waals surface area contributed by atoms with Gasteiger partial charge in [-0.3, -0.25) is 9.69 Å². The summed E-state index contributed by atoms with van der Waals surface area (Å²) < 4.78 is 0. The van der Waals surface area contributed by atoms with E-state index in [1.807, 2.05) is 0 Å². The third-order valence-electron chi connectivity index (χ3n) is 3.35. The first-order valence-corrected chi connectivity index (χ1v) is 5.73. The Labute approximate surface area is 86.7 Å². The highest BCUT2D eigenvalue weighted by molar-refractivity contribution is 5.80. The van der Waals surface area contributed by atoms with Gasteiger partial charge >= 0.3 is 0 Å². The van der Waals surface area contributed by atoms with E-state index in [1.54, 1.807) is 0 Å². The predicted molar refractivity (Wildman–Crippen MR) is 57.2 cm³/mol. The molecule has 2 aliphatic heterocycles. The van der Waals surface area contributed by atoms with Gasteiger partial charge in [-0.1, -0.05) is 20.8 Å². The van der Waals surface area contributed by atoms with E-state index < -0.39 is 0 Å². The molecule has 0 amide bonds. The molecule has 2 saturated heterocycles. The molecule has 2 aliphatic rings. The highest BCUT2D eigenvalue weighted by Crippen LogP contribution is 2.35. The molecule has 2 unspecified atom stereocenters. The second kappa shape index (κ2) is 3.34. The maximum Gasteiger partial charge on any atom is 0.136 e. The smallest absolute Gasteiger partial charge is 0.136 e. The lowest BCUT2D eigenvalue weighted by molar-refractivity contribution is -0.124. The van der Waals surface area contributed by atoms with Crippen molar-refractivity contribution in [3.05, 3.63) is 0 Å². The molecule has 0 N–H and O–H groups in total. The second-order valence-electron chi connectivity index (χ2n) is 6.06. The fourth-order valence-corrected chi connectivity index (χ4v) is 2.87. The van der Waals surface area contributed by atoms with Crippen LogP contribution in [0, 0.1) is 5.41 Å². The molecule has 2 heterocycles. The van der Waals surface area contributed by atoms with Crippen LogP contribution >= 0.6 is 0 Å². The third kappa shape index (κ3) is 2.00.